The molecule has 170 valence electrons. The molecule has 1 aromatic heterocycles. The van der Waals surface area contributed by atoms with Crippen molar-refractivity contribution >= 4 is 41.0 Å². The lowest BCUT2D eigenvalue weighted by Crippen LogP contribution is -2.32. The standard InChI is InChI=1S/C20H12ClF3N4O5/c21-16-6-4-12(9-15(16)20(22,23)24)26-18(29)19(30)27-25-10-14-5-7-17(33-14)11-2-1-3-13(8-11)28(31)32/h1-10H,(H,26,29)(H,27,30)/b25-10+. The van der Waals surface area contributed by atoms with Crippen molar-refractivity contribution in [1.82, 2.24) is 5.43 Å². The first-order chi connectivity index (χ1) is 15.5. The smallest absolute Gasteiger partial charge is 0.417 e. The predicted molar refractivity (Wildman–Crippen MR) is 112 cm³/mol. The largest absolute Gasteiger partial charge is 0.455 e. The monoisotopic (exact) mass is 480 g/mol. The van der Waals surface area contributed by atoms with Gasteiger partial charge in [-0.15, -0.1) is 0 Å². The summed E-state index contributed by atoms with van der Waals surface area (Å²) in [5, 5.41) is 15.9. The van der Waals surface area contributed by atoms with E-state index in [1.807, 2.05) is 10.7 Å². The lowest BCUT2D eigenvalue weighted by Gasteiger charge is -2.11. The number of anilines is 1. The first kappa shape index (κ1) is 23.5. The van der Waals surface area contributed by atoms with Crippen LogP contribution in [0, 0.1) is 10.1 Å². The minimum absolute atomic E-state index is 0.125. The maximum absolute atomic E-state index is 12.9. The van der Waals surface area contributed by atoms with Crippen LogP contribution in [-0.4, -0.2) is 23.0 Å². The van der Waals surface area contributed by atoms with Gasteiger partial charge in [0.2, 0.25) is 0 Å². The van der Waals surface area contributed by atoms with Crippen LogP contribution in [0.4, 0.5) is 24.5 Å². The van der Waals surface area contributed by atoms with Gasteiger partial charge in [0.05, 0.1) is 21.7 Å². The lowest BCUT2D eigenvalue weighted by molar-refractivity contribution is -0.384. The SMILES string of the molecule is O=C(N/N=C/c1ccc(-c2cccc([N+](=O)[O-])c2)o1)C(=O)Nc1ccc(Cl)c(C(F)(F)F)c1. The molecule has 33 heavy (non-hydrogen) atoms. The number of nitrogens with one attached hydrogen (secondary N) is 2. The number of carbonyl (C=O) groups is 2. The Bertz CT molecular complexity index is 1260. The summed E-state index contributed by atoms with van der Waals surface area (Å²) >= 11 is 5.50. The second kappa shape index (κ2) is 9.53. The molecule has 13 heteroatoms. The van der Waals surface area contributed by atoms with E-state index in [-0.39, 0.29) is 17.1 Å². The summed E-state index contributed by atoms with van der Waals surface area (Å²) in [6, 6.07) is 11.3. The Morgan fingerprint density at radius 2 is 1.85 bits per heavy atom. The van der Waals surface area contributed by atoms with Gasteiger partial charge >= 0.3 is 18.0 Å². The molecule has 0 spiro atoms. The van der Waals surface area contributed by atoms with Gasteiger partial charge in [-0.05, 0) is 30.3 Å². The zero-order valence-electron chi connectivity index (χ0n) is 16.2. The molecule has 0 aliphatic carbocycles. The van der Waals surface area contributed by atoms with E-state index < -0.39 is 33.5 Å². The van der Waals surface area contributed by atoms with Crippen molar-refractivity contribution < 1.29 is 32.1 Å². The molecule has 3 rings (SSSR count). The molecule has 0 unspecified atom stereocenters. The average molecular weight is 481 g/mol. The van der Waals surface area contributed by atoms with Crippen LogP contribution < -0.4 is 10.7 Å². The Morgan fingerprint density at radius 1 is 1.09 bits per heavy atom. The van der Waals surface area contributed by atoms with Crippen LogP contribution in [0.25, 0.3) is 11.3 Å². The fraction of sp³-hybridized carbons (Fsp3) is 0.0500. The number of nitro groups is 1. The van der Waals surface area contributed by atoms with Crippen LogP contribution in [0.2, 0.25) is 5.02 Å². The summed E-state index contributed by atoms with van der Waals surface area (Å²) in [6.45, 7) is 0. The summed E-state index contributed by atoms with van der Waals surface area (Å²) in [7, 11) is 0. The number of halogens is 4. The number of hydrazone groups is 1. The second-order valence-corrected chi connectivity index (χ2v) is 6.76. The Kier molecular flexibility index (Phi) is 6.78. The topological polar surface area (TPSA) is 127 Å². The number of amides is 2. The number of carbonyl (C=O) groups excluding carboxylic acids is 2. The van der Waals surface area contributed by atoms with Gasteiger partial charge in [-0.2, -0.15) is 18.3 Å². The molecule has 0 radical (unpaired) electrons. The highest BCUT2D eigenvalue weighted by atomic mass is 35.5. The van der Waals surface area contributed by atoms with Crippen molar-refractivity contribution in [1.29, 1.82) is 0 Å². The van der Waals surface area contributed by atoms with Crippen LogP contribution in [0.15, 0.2) is 64.1 Å². The van der Waals surface area contributed by atoms with Crippen molar-refractivity contribution in [3.63, 3.8) is 0 Å². The Morgan fingerprint density at radius 3 is 2.55 bits per heavy atom. The number of rotatable bonds is 5. The molecule has 1 heterocycles. The quantitative estimate of drug-likeness (QED) is 0.238. The van der Waals surface area contributed by atoms with Gasteiger partial charge in [0, 0.05) is 23.4 Å². The van der Waals surface area contributed by atoms with E-state index in [1.54, 1.807) is 6.07 Å². The predicted octanol–water partition coefficient (Wildman–Crippen LogP) is 4.62. The van der Waals surface area contributed by atoms with E-state index in [2.05, 4.69) is 5.10 Å². The summed E-state index contributed by atoms with van der Waals surface area (Å²) < 4.78 is 44.1. The van der Waals surface area contributed by atoms with Crippen LogP contribution in [0.5, 0.6) is 0 Å². The molecular formula is C20H12ClF3N4O5. The fourth-order valence-corrected chi connectivity index (χ4v) is 2.79. The van der Waals surface area contributed by atoms with E-state index in [0.717, 1.165) is 18.3 Å². The van der Waals surface area contributed by atoms with E-state index in [1.165, 1.54) is 30.3 Å². The van der Waals surface area contributed by atoms with Crippen molar-refractivity contribution in [3.8, 4) is 11.3 Å². The van der Waals surface area contributed by atoms with Gasteiger partial charge in [0.15, 0.2) is 0 Å². The number of hydrogen-bond acceptors (Lipinski definition) is 6. The van der Waals surface area contributed by atoms with E-state index in [0.29, 0.717) is 17.4 Å². The molecule has 0 fully saturated rings. The fourth-order valence-electron chi connectivity index (χ4n) is 2.56. The minimum Gasteiger partial charge on any atom is -0.455 e. The maximum Gasteiger partial charge on any atom is 0.417 e. The number of hydrogen-bond donors (Lipinski definition) is 2. The first-order valence-corrected chi connectivity index (χ1v) is 9.28. The minimum atomic E-state index is -4.74. The summed E-state index contributed by atoms with van der Waals surface area (Å²) in [6.07, 6.45) is -3.67. The average Bonchev–Trinajstić information content (AvgIpc) is 3.23. The van der Waals surface area contributed by atoms with Crippen molar-refractivity contribution in [2.24, 2.45) is 5.10 Å². The van der Waals surface area contributed by atoms with Crippen molar-refractivity contribution in [2.75, 3.05) is 5.32 Å². The first-order valence-electron chi connectivity index (χ1n) is 8.90. The highest BCUT2D eigenvalue weighted by Gasteiger charge is 2.33. The summed E-state index contributed by atoms with van der Waals surface area (Å²) in [5.74, 6) is -2.06. The van der Waals surface area contributed by atoms with Gasteiger partial charge in [0.1, 0.15) is 11.5 Å². The molecule has 0 atom stereocenters. The Hall–Kier alpha value is -4.19. The lowest BCUT2D eigenvalue weighted by atomic mass is 10.1. The van der Waals surface area contributed by atoms with Crippen LogP contribution in [-0.2, 0) is 15.8 Å². The number of non-ortho nitro benzene ring substituents is 1. The van der Waals surface area contributed by atoms with Gasteiger partial charge in [-0.25, -0.2) is 5.43 Å². The molecule has 0 aliphatic heterocycles. The number of nitrogens with zero attached hydrogens (tertiary/aromatic N) is 2. The molecule has 2 N–H and O–H groups in total. The number of nitro benzene ring substituents is 1. The van der Waals surface area contributed by atoms with Crippen LogP contribution in [0.3, 0.4) is 0 Å². The number of benzene rings is 2. The third-order valence-corrected chi connectivity index (χ3v) is 4.39. The highest BCUT2D eigenvalue weighted by molar-refractivity contribution is 6.39. The molecule has 0 aliphatic rings. The number of furan rings is 1. The van der Waals surface area contributed by atoms with Crippen molar-refractivity contribution in [2.45, 2.75) is 6.18 Å². The molecule has 2 amide bonds. The summed E-state index contributed by atoms with van der Waals surface area (Å²) in [4.78, 5) is 34.0. The Balaban J connectivity index is 1.61. The molecule has 0 saturated carbocycles. The second-order valence-electron chi connectivity index (χ2n) is 6.36. The van der Waals surface area contributed by atoms with E-state index >= 15 is 0 Å². The molecular weight excluding hydrogens is 469 g/mol. The zero-order chi connectivity index (χ0) is 24.2. The number of alkyl halides is 3. The zero-order valence-corrected chi connectivity index (χ0v) is 17.0. The third kappa shape index (κ3) is 5.95. The Labute approximate surface area is 188 Å². The third-order valence-electron chi connectivity index (χ3n) is 4.06. The van der Waals surface area contributed by atoms with Crippen LogP contribution in [0.1, 0.15) is 11.3 Å². The van der Waals surface area contributed by atoms with Gasteiger partial charge < -0.3 is 9.73 Å². The highest BCUT2D eigenvalue weighted by Crippen LogP contribution is 2.36. The van der Waals surface area contributed by atoms with E-state index in [4.69, 9.17) is 16.0 Å². The molecule has 9 nitrogen and oxygen atoms in total. The van der Waals surface area contributed by atoms with Gasteiger partial charge in [0.25, 0.3) is 5.69 Å². The molecule has 2 aromatic carbocycles. The van der Waals surface area contributed by atoms with E-state index in [9.17, 15) is 32.9 Å². The molecule has 0 saturated heterocycles. The van der Waals surface area contributed by atoms with Crippen molar-refractivity contribution in [3.05, 3.63) is 81.1 Å². The molecule has 0 bridgehead atoms. The van der Waals surface area contributed by atoms with Gasteiger partial charge in [-0.3, -0.25) is 19.7 Å². The maximum atomic E-state index is 12.9. The summed E-state index contributed by atoms with van der Waals surface area (Å²) in [5.41, 5.74) is 0.758. The molecule has 3 aromatic rings. The van der Waals surface area contributed by atoms with Crippen LogP contribution >= 0.6 is 11.6 Å². The normalized spacial score (nSPS) is 11.4. The van der Waals surface area contributed by atoms with Gasteiger partial charge in [-0.1, -0.05) is 23.7 Å².